The lowest BCUT2D eigenvalue weighted by molar-refractivity contribution is 0.827. The fourth-order valence-electron chi connectivity index (χ4n) is 2.53. The van der Waals surface area contributed by atoms with Crippen LogP contribution in [0.5, 0.6) is 0 Å². The van der Waals surface area contributed by atoms with Crippen molar-refractivity contribution in [2.45, 2.75) is 6.92 Å². The normalized spacial score (nSPS) is 11.4. The average molecular weight is 522 g/mol. The highest BCUT2D eigenvalue weighted by Crippen LogP contribution is 2.26. The van der Waals surface area contributed by atoms with Crippen molar-refractivity contribution in [3.8, 4) is 16.4 Å². The van der Waals surface area contributed by atoms with Crippen molar-refractivity contribution in [2.75, 3.05) is 0 Å². The average Bonchev–Trinajstić information content (AvgIpc) is 3.27. The van der Waals surface area contributed by atoms with Crippen molar-refractivity contribution >= 4 is 56.9 Å². The topological polar surface area (TPSA) is 75.4 Å². The number of H-pyrrole nitrogens is 1. The van der Waals surface area contributed by atoms with E-state index in [9.17, 15) is 4.79 Å². The molecule has 4 aromatic rings. The van der Waals surface area contributed by atoms with Crippen molar-refractivity contribution in [2.24, 2.45) is 10.2 Å². The number of hydrogen-bond donors (Lipinski definition) is 1. The summed E-state index contributed by atoms with van der Waals surface area (Å²) in [6.45, 7) is 1.79. The van der Waals surface area contributed by atoms with Crippen LogP contribution in [0.3, 0.4) is 0 Å². The molecule has 0 radical (unpaired) electrons. The molecule has 0 bridgehead atoms. The van der Waals surface area contributed by atoms with Gasteiger partial charge in [0.15, 0.2) is 5.69 Å². The molecule has 0 amide bonds. The highest BCUT2D eigenvalue weighted by atomic mass is 127. The van der Waals surface area contributed by atoms with Gasteiger partial charge in [0.25, 0.3) is 0 Å². The Morgan fingerprint density at radius 1 is 1.11 bits per heavy atom. The molecule has 6 nitrogen and oxygen atoms in total. The van der Waals surface area contributed by atoms with Crippen molar-refractivity contribution in [1.29, 1.82) is 0 Å². The molecule has 140 valence electrons. The Labute approximate surface area is 183 Å². The summed E-state index contributed by atoms with van der Waals surface area (Å²) in [7, 11) is 0. The highest BCUT2D eigenvalue weighted by molar-refractivity contribution is 14.1. The summed E-state index contributed by atoms with van der Waals surface area (Å²) in [5, 5.41) is 14.4. The maximum Gasteiger partial charge on any atom is 0.301 e. The number of benzene rings is 2. The van der Waals surface area contributed by atoms with E-state index in [0.717, 1.165) is 14.8 Å². The summed E-state index contributed by atoms with van der Waals surface area (Å²) in [4.78, 5) is 17.3. The molecule has 2 heterocycles. The van der Waals surface area contributed by atoms with Crippen molar-refractivity contribution in [3.05, 3.63) is 78.6 Å². The van der Waals surface area contributed by atoms with Crippen LogP contribution in [0.4, 0.5) is 11.4 Å². The first-order valence-corrected chi connectivity index (χ1v) is 10.6. The molecule has 4 rings (SSSR count). The third kappa shape index (κ3) is 3.94. The van der Waals surface area contributed by atoms with Gasteiger partial charge in [-0.3, -0.25) is 9.89 Å². The molecule has 0 unspecified atom stereocenters. The largest absolute Gasteiger partial charge is 0.301 e. The monoisotopic (exact) mass is 521 g/mol. The Balaban J connectivity index is 1.65. The summed E-state index contributed by atoms with van der Waals surface area (Å²) < 4.78 is 2.50. The van der Waals surface area contributed by atoms with Crippen LogP contribution in [-0.2, 0) is 0 Å². The fraction of sp³-hybridized carbons (Fsp3) is 0.0526. The van der Waals surface area contributed by atoms with Crippen molar-refractivity contribution in [1.82, 2.24) is 14.8 Å². The third-order valence-electron chi connectivity index (χ3n) is 3.96. The van der Waals surface area contributed by atoms with Crippen LogP contribution >= 0.6 is 45.5 Å². The molecule has 2 aromatic heterocycles. The highest BCUT2D eigenvalue weighted by Gasteiger charge is 2.15. The van der Waals surface area contributed by atoms with Gasteiger partial charge in [0.1, 0.15) is 0 Å². The lowest BCUT2D eigenvalue weighted by atomic mass is 10.2. The van der Waals surface area contributed by atoms with E-state index in [1.165, 1.54) is 16.0 Å². The second-order valence-corrected chi connectivity index (χ2v) is 8.44. The van der Waals surface area contributed by atoms with Gasteiger partial charge >= 0.3 is 5.56 Å². The first-order chi connectivity index (χ1) is 13.5. The van der Waals surface area contributed by atoms with E-state index in [1.807, 2.05) is 53.9 Å². The van der Waals surface area contributed by atoms with Gasteiger partial charge in [0, 0.05) is 19.5 Å². The van der Waals surface area contributed by atoms with Gasteiger partial charge in [-0.15, -0.1) is 16.5 Å². The molecule has 0 saturated heterocycles. The zero-order valence-electron chi connectivity index (χ0n) is 14.6. The first kappa shape index (κ1) is 19.0. The van der Waals surface area contributed by atoms with Crippen LogP contribution in [0.2, 0.25) is 5.02 Å². The molecule has 0 aliphatic heterocycles. The third-order valence-corrected chi connectivity index (χ3v) is 5.75. The summed E-state index contributed by atoms with van der Waals surface area (Å²) in [5.74, 6) is 0. The summed E-state index contributed by atoms with van der Waals surface area (Å²) in [6.07, 6.45) is 0. The second kappa shape index (κ2) is 7.98. The van der Waals surface area contributed by atoms with Gasteiger partial charge in [-0.2, -0.15) is 9.80 Å². The molecular formula is C19H13ClIN5OS. The number of aryl methyl sites for hydroxylation is 1. The van der Waals surface area contributed by atoms with Gasteiger partial charge in [0.05, 0.1) is 17.1 Å². The standard InChI is InChI=1S/C19H13ClIN5OS/c1-11-17(24-23-15-8-6-14(21)7-9-15)18(27)26(25-11)19-22-16(10-28-19)12-2-4-13(20)5-3-12/h2-10,25H,1H3. The maximum atomic E-state index is 12.8. The Kier molecular flexibility index (Phi) is 5.42. The number of rotatable bonds is 4. The second-order valence-electron chi connectivity index (χ2n) is 5.92. The van der Waals surface area contributed by atoms with Crippen LogP contribution in [0, 0.1) is 10.5 Å². The molecule has 0 spiro atoms. The first-order valence-electron chi connectivity index (χ1n) is 8.22. The number of nitrogens with one attached hydrogen (secondary N) is 1. The minimum Gasteiger partial charge on any atom is -0.291 e. The zero-order valence-corrected chi connectivity index (χ0v) is 18.3. The lowest BCUT2D eigenvalue weighted by Gasteiger charge is -1.97. The number of azo groups is 1. The van der Waals surface area contributed by atoms with Gasteiger partial charge in [-0.1, -0.05) is 23.7 Å². The molecule has 1 N–H and O–H groups in total. The minimum atomic E-state index is -0.288. The van der Waals surface area contributed by atoms with E-state index >= 15 is 0 Å². The number of nitrogens with zero attached hydrogens (tertiary/aromatic N) is 4. The number of hydrogen-bond acceptors (Lipinski definition) is 5. The van der Waals surface area contributed by atoms with E-state index in [0.29, 0.717) is 21.5 Å². The van der Waals surface area contributed by atoms with Crippen LogP contribution < -0.4 is 5.56 Å². The van der Waals surface area contributed by atoms with Gasteiger partial charge in [-0.25, -0.2) is 4.98 Å². The molecule has 0 aliphatic rings. The molecule has 2 aromatic carbocycles. The Hall–Kier alpha value is -2.30. The smallest absolute Gasteiger partial charge is 0.291 e. The molecule has 9 heteroatoms. The predicted octanol–water partition coefficient (Wildman–Crippen LogP) is 6.27. The van der Waals surface area contributed by atoms with E-state index in [1.54, 1.807) is 6.92 Å². The molecule has 28 heavy (non-hydrogen) atoms. The van der Waals surface area contributed by atoms with Crippen molar-refractivity contribution in [3.63, 3.8) is 0 Å². The van der Waals surface area contributed by atoms with Crippen LogP contribution in [0.1, 0.15) is 5.69 Å². The fourth-order valence-corrected chi connectivity index (χ4v) is 3.80. The van der Waals surface area contributed by atoms with Gasteiger partial charge < -0.3 is 0 Å². The lowest BCUT2D eigenvalue weighted by Crippen LogP contribution is -2.13. The molecular weight excluding hydrogens is 509 g/mol. The van der Waals surface area contributed by atoms with Gasteiger partial charge in [0.2, 0.25) is 5.13 Å². The van der Waals surface area contributed by atoms with Crippen LogP contribution in [-0.4, -0.2) is 14.8 Å². The Morgan fingerprint density at radius 2 is 1.82 bits per heavy atom. The zero-order chi connectivity index (χ0) is 19.7. The summed E-state index contributed by atoms with van der Waals surface area (Å²) in [5.41, 5.74) is 3.00. The van der Waals surface area contributed by atoms with E-state index in [4.69, 9.17) is 11.6 Å². The minimum absolute atomic E-state index is 0.266. The SMILES string of the molecule is Cc1[nH]n(-c2nc(-c3ccc(Cl)cc3)cs2)c(=O)c1N=Nc1ccc(I)cc1. The van der Waals surface area contributed by atoms with Crippen molar-refractivity contribution < 1.29 is 0 Å². The summed E-state index contributed by atoms with van der Waals surface area (Å²) in [6, 6.07) is 15.0. The molecule has 0 aliphatic carbocycles. The maximum absolute atomic E-state index is 12.8. The Bertz CT molecular complexity index is 1210. The van der Waals surface area contributed by atoms with Crippen LogP contribution in [0.25, 0.3) is 16.4 Å². The van der Waals surface area contributed by atoms with E-state index in [-0.39, 0.29) is 11.2 Å². The quantitative estimate of drug-likeness (QED) is 0.254. The Morgan fingerprint density at radius 3 is 2.54 bits per heavy atom. The number of aromatic nitrogens is 3. The van der Waals surface area contributed by atoms with Crippen LogP contribution in [0.15, 0.2) is 68.9 Å². The van der Waals surface area contributed by atoms with Gasteiger partial charge in [-0.05, 0) is 65.9 Å². The van der Waals surface area contributed by atoms with E-state index < -0.39 is 0 Å². The summed E-state index contributed by atoms with van der Waals surface area (Å²) >= 11 is 9.52. The predicted molar refractivity (Wildman–Crippen MR) is 121 cm³/mol. The molecule has 0 fully saturated rings. The number of aromatic amines is 1. The number of thiazole rings is 1. The molecule has 0 atom stereocenters. The number of halogens is 2. The molecule has 0 saturated carbocycles. The van der Waals surface area contributed by atoms with E-state index in [2.05, 4.69) is 42.9 Å².